The second-order valence-corrected chi connectivity index (χ2v) is 6.18. The van der Waals surface area contributed by atoms with Gasteiger partial charge in [0.2, 0.25) is 5.91 Å². The molecular formula is C18H24N2O. The van der Waals surface area contributed by atoms with E-state index < -0.39 is 0 Å². The average molecular weight is 284 g/mol. The number of rotatable bonds is 2. The number of benzene rings is 1. The summed E-state index contributed by atoms with van der Waals surface area (Å²) in [7, 11) is 0. The molecule has 1 N–H and O–H groups in total. The predicted molar refractivity (Wildman–Crippen MR) is 85.8 cm³/mol. The fourth-order valence-electron chi connectivity index (χ4n) is 3.36. The summed E-state index contributed by atoms with van der Waals surface area (Å²) < 4.78 is 0. The van der Waals surface area contributed by atoms with Crippen LogP contribution in [0.4, 0.5) is 0 Å². The summed E-state index contributed by atoms with van der Waals surface area (Å²) in [5.41, 5.74) is 2.65. The maximum absolute atomic E-state index is 12.6. The Kier molecular flexibility index (Phi) is 4.39. The normalized spacial score (nSPS) is 26.3. The molecule has 21 heavy (non-hydrogen) atoms. The van der Waals surface area contributed by atoms with Crippen LogP contribution in [0.1, 0.15) is 31.7 Å². The van der Waals surface area contributed by atoms with Crippen molar-refractivity contribution in [2.24, 2.45) is 5.92 Å². The molecule has 0 bridgehead atoms. The zero-order valence-electron chi connectivity index (χ0n) is 12.7. The lowest BCUT2D eigenvalue weighted by molar-refractivity contribution is -0.134. The third-order valence-corrected chi connectivity index (χ3v) is 4.70. The highest BCUT2D eigenvalue weighted by molar-refractivity contribution is 5.83. The van der Waals surface area contributed by atoms with E-state index in [9.17, 15) is 4.79 Å². The monoisotopic (exact) mass is 284 g/mol. The Morgan fingerprint density at radius 1 is 1.29 bits per heavy atom. The molecule has 1 saturated heterocycles. The maximum Gasteiger partial charge on any atom is 0.240 e. The Morgan fingerprint density at radius 2 is 2.10 bits per heavy atom. The van der Waals surface area contributed by atoms with Crippen molar-refractivity contribution in [3.63, 3.8) is 0 Å². The molecule has 2 heterocycles. The standard InChI is InChI=1S/C18H24N2O/c1-14-6-5-11-19-17(14)18(21)20-12-9-16(10-13-20)15-7-3-2-4-8-15/h2-4,7-9,14,17,19H,5-6,10-13H2,1H3. The van der Waals surface area contributed by atoms with Crippen molar-refractivity contribution in [1.82, 2.24) is 10.2 Å². The van der Waals surface area contributed by atoms with E-state index in [4.69, 9.17) is 0 Å². The number of hydrogen-bond donors (Lipinski definition) is 1. The summed E-state index contributed by atoms with van der Waals surface area (Å²) >= 11 is 0. The summed E-state index contributed by atoms with van der Waals surface area (Å²) in [5, 5.41) is 3.40. The lowest BCUT2D eigenvalue weighted by atomic mass is 9.91. The third kappa shape index (κ3) is 3.18. The Morgan fingerprint density at radius 3 is 2.76 bits per heavy atom. The molecule has 3 rings (SSSR count). The molecule has 0 aliphatic carbocycles. The van der Waals surface area contributed by atoms with Gasteiger partial charge in [-0.3, -0.25) is 4.79 Å². The van der Waals surface area contributed by atoms with Gasteiger partial charge in [-0.05, 0) is 42.9 Å². The number of amides is 1. The fraction of sp³-hybridized carbons (Fsp3) is 0.500. The largest absolute Gasteiger partial charge is 0.337 e. The Balaban J connectivity index is 1.65. The molecule has 0 saturated carbocycles. The molecular weight excluding hydrogens is 260 g/mol. The third-order valence-electron chi connectivity index (χ3n) is 4.70. The van der Waals surface area contributed by atoms with Gasteiger partial charge >= 0.3 is 0 Å². The summed E-state index contributed by atoms with van der Waals surface area (Å²) in [5.74, 6) is 0.733. The minimum atomic E-state index is 0.0189. The zero-order valence-corrected chi connectivity index (χ0v) is 12.7. The Hall–Kier alpha value is -1.61. The molecule has 0 aromatic heterocycles. The number of carbonyl (C=O) groups excluding carboxylic acids is 1. The van der Waals surface area contributed by atoms with Gasteiger partial charge in [-0.1, -0.05) is 43.3 Å². The maximum atomic E-state index is 12.6. The minimum absolute atomic E-state index is 0.0189. The fourth-order valence-corrected chi connectivity index (χ4v) is 3.36. The molecule has 1 fully saturated rings. The van der Waals surface area contributed by atoms with E-state index in [0.29, 0.717) is 5.92 Å². The summed E-state index contributed by atoms with van der Waals surface area (Å²) in [6, 6.07) is 10.5. The first-order valence-corrected chi connectivity index (χ1v) is 8.02. The van der Waals surface area contributed by atoms with Gasteiger partial charge in [-0.2, -0.15) is 0 Å². The van der Waals surface area contributed by atoms with E-state index in [1.165, 1.54) is 17.6 Å². The molecule has 2 aliphatic heterocycles. The van der Waals surface area contributed by atoms with Gasteiger partial charge in [0, 0.05) is 13.1 Å². The van der Waals surface area contributed by atoms with Crippen molar-refractivity contribution >= 4 is 11.5 Å². The van der Waals surface area contributed by atoms with Crippen molar-refractivity contribution in [3.8, 4) is 0 Å². The van der Waals surface area contributed by atoms with Gasteiger partial charge in [0.1, 0.15) is 0 Å². The van der Waals surface area contributed by atoms with Crippen LogP contribution in [0.25, 0.3) is 5.57 Å². The average Bonchev–Trinajstić information content (AvgIpc) is 2.56. The molecule has 112 valence electrons. The second-order valence-electron chi connectivity index (χ2n) is 6.18. The van der Waals surface area contributed by atoms with E-state index >= 15 is 0 Å². The lowest BCUT2D eigenvalue weighted by Crippen LogP contribution is -2.53. The summed E-state index contributed by atoms with van der Waals surface area (Å²) in [4.78, 5) is 14.6. The van der Waals surface area contributed by atoms with Gasteiger partial charge in [0.05, 0.1) is 6.04 Å². The van der Waals surface area contributed by atoms with Gasteiger partial charge in [0.25, 0.3) is 0 Å². The first-order valence-electron chi connectivity index (χ1n) is 8.02. The van der Waals surface area contributed by atoms with Crippen LogP contribution in [0.3, 0.4) is 0 Å². The number of carbonyl (C=O) groups is 1. The molecule has 2 aliphatic rings. The van der Waals surface area contributed by atoms with Crippen molar-refractivity contribution in [1.29, 1.82) is 0 Å². The summed E-state index contributed by atoms with van der Waals surface area (Å²) in [6.45, 7) is 4.74. The van der Waals surface area contributed by atoms with Crippen molar-refractivity contribution in [3.05, 3.63) is 42.0 Å². The first-order chi connectivity index (χ1) is 10.3. The molecule has 1 aromatic rings. The number of piperidine rings is 1. The van der Waals surface area contributed by atoms with Gasteiger partial charge < -0.3 is 10.2 Å². The van der Waals surface area contributed by atoms with Crippen LogP contribution in [0.5, 0.6) is 0 Å². The minimum Gasteiger partial charge on any atom is -0.337 e. The van der Waals surface area contributed by atoms with E-state index in [1.54, 1.807) is 0 Å². The molecule has 1 aromatic carbocycles. The van der Waals surface area contributed by atoms with E-state index in [2.05, 4.69) is 42.6 Å². The molecule has 0 radical (unpaired) electrons. The van der Waals surface area contributed by atoms with Crippen LogP contribution >= 0.6 is 0 Å². The lowest BCUT2D eigenvalue weighted by Gasteiger charge is -2.35. The van der Waals surface area contributed by atoms with Gasteiger partial charge in [0.15, 0.2) is 0 Å². The van der Waals surface area contributed by atoms with Crippen LogP contribution in [-0.2, 0) is 4.79 Å². The zero-order chi connectivity index (χ0) is 14.7. The molecule has 3 nitrogen and oxygen atoms in total. The highest BCUT2D eigenvalue weighted by atomic mass is 16.2. The highest BCUT2D eigenvalue weighted by Crippen LogP contribution is 2.24. The number of nitrogens with zero attached hydrogens (tertiary/aromatic N) is 1. The second kappa shape index (κ2) is 6.44. The van der Waals surface area contributed by atoms with Crippen LogP contribution in [0, 0.1) is 5.92 Å². The molecule has 2 atom stereocenters. The molecule has 2 unspecified atom stereocenters. The van der Waals surface area contributed by atoms with Crippen LogP contribution < -0.4 is 5.32 Å². The first kappa shape index (κ1) is 14.3. The van der Waals surface area contributed by atoms with Crippen molar-refractivity contribution in [2.45, 2.75) is 32.2 Å². The van der Waals surface area contributed by atoms with Gasteiger partial charge in [-0.15, -0.1) is 0 Å². The quantitative estimate of drug-likeness (QED) is 0.905. The number of hydrogen-bond acceptors (Lipinski definition) is 2. The highest BCUT2D eigenvalue weighted by Gasteiger charge is 2.31. The van der Waals surface area contributed by atoms with Crippen LogP contribution in [0.2, 0.25) is 0 Å². The Labute approximate surface area is 127 Å². The predicted octanol–water partition coefficient (Wildman–Crippen LogP) is 2.69. The van der Waals surface area contributed by atoms with Crippen molar-refractivity contribution in [2.75, 3.05) is 19.6 Å². The smallest absolute Gasteiger partial charge is 0.240 e. The molecule has 3 heteroatoms. The Bertz CT molecular complexity index is 523. The van der Waals surface area contributed by atoms with E-state index in [-0.39, 0.29) is 11.9 Å². The van der Waals surface area contributed by atoms with Crippen LogP contribution in [0.15, 0.2) is 36.4 Å². The number of nitrogens with one attached hydrogen (secondary N) is 1. The van der Waals surface area contributed by atoms with E-state index in [0.717, 1.165) is 32.5 Å². The van der Waals surface area contributed by atoms with Crippen molar-refractivity contribution < 1.29 is 4.79 Å². The van der Waals surface area contributed by atoms with E-state index in [1.807, 2.05) is 11.0 Å². The molecule has 0 spiro atoms. The SMILES string of the molecule is CC1CCCNC1C(=O)N1CC=C(c2ccccc2)CC1. The topological polar surface area (TPSA) is 32.3 Å². The molecule has 1 amide bonds. The van der Waals surface area contributed by atoms with Gasteiger partial charge in [-0.25, -0.2) is 0 Å². The summed E-state index contributed by atoms with van der Waals surface area (Å²) in [6.07, 6.45) is 5.51. The van der Waals surface area contributed by atoms with Crippen LogP contribution in [-0.4, -0.2) is 36.5 Å².